The lowest BCUT2D eigenvalue weighted by Crippen LogP contribution is -2.30. The highest BCUT2D eigenvalue weighted by atomic mass is 32.2. The van der Waals surface area contributed by atoms with E-state index in [0.717, 1.165) is 17.1 Å². The summed E-state index contributed by atoms with van der Waals surface area (Å²) in [5, 5.41) is 0. The maximum absolute atomic E-state index is 11.8. The zero-order chi connectivity index (χ0) is 12.3. The summed E-state index contributed by atoms with van der Waals surface area (Å²) in [5.41, 5.74) is 1.08. The van der Waals surface area contributed by atoms with Gasteiger partial charge in [0, 0.05) is 17.2 Å². The molecular formula is C13H16O3S. The first-order valence-electron chi connectivity index (χ1n) is 5.65. The van der Waals surface area contributed by atoms with Gasteiger partial charge in [0.05, 0.1) is 0 Å². The number of carbonyl (C=O) groups excluding carboxylic acids is 1. The zero-order valence-corrected chi connectivity index (χ0v) is 10.8. The maximum atomic E-state index is 11.8. The van der Waals surface area contributed by atoms with Crippen LogP contribution in [0.4, 0.5) is 0 Å². The summed E-state index contributed by atoms with van der Waals surface area (Å²) in [5.74, 6) is 1.42. The standard InChI is InChI=1S/C13H16O3S/c1-9-10-5-3-4-6-11(10)16-12(9)13(14)15-7-8-17-2/h3-6,9,12H,7-8H2,1-2H3. The second kappa shape index (κ2) is 5.45. The molecule has 0 N–H and O–H groups in total. The Labute approximate surface area is 105 Å². The van der Waals surface area contributed by atoms with E-state index in [1.165, 1.54) is 0 Å². The molecule has 4 heteroatoms. The van der Waals surface area contributed by atoms with Gasteiger partial charge in [0.2, 0.25) is 6.10 Å². The van der Waals surface area contributed by atoms with Gasteiger partial charge in [-0.25, -0.2) is 4.79 Å². The van der Waals surface area contributed by atoms with Crippen molar-refractivity contribution in [3.8, 4) is 5.75 Å². The van der Waals surface area contributed by atoms with Gasteiger partial charge in [0.15, 0.2) is 0 Å². The summed E-state index contributed by atoms with van der Waals surface area (Å²) < 4.78 is 10.8. The number of para-hydroxylation sites is 1. The molecule has 0 fully saturated rings. The third kappa shape index (κ3) is 2.57. The summed E-state index contributed by atoms with van der Waals surface area (Å²) in [6, 6.07) is 7.75. The molecule has 92 valence electrons. The number of hydrogen-bond donors (Lipinski definition) is 0. The average Bonchev–Trinajstić information content (AvgIpc) is 2.68. The maximum Gasteiger partial charge on any atom is 0.348 e. The lowest BCUT2D eigenvalue weighted by molar-refractivity contribution is -0.151. The Kier molecular flexibility index (Phi) is 3.94. The fraction of sp³-hybridized carbons (Fsp3) is 0.462. The van der Waals surface area contributed by atoms with E-state index >= 15 is 0 Å². The Balaban J connectivity index is 1.99. The van der Waals surface area contributed by atoms with Crippen molar-refractivity contribution < 1.29 is 14.3 Å². The van der Waals surface area contributed by atoms with E-state index in [4.69, 9.17) is 9.47 Å². The topological polar surface area (TPSA) is 35.5 Å². The molecule has 0 saturated carbocycles. The van der Waals surface area contributed by atoms with Crippen molar-refractivity contribution in [2.45, 2.75) is 18.9 Å². The fourth-order valence-electron chi connectivity index (χ4n) is 1.93. The lowest BCUT2D eigenvalue weighted by Gasteiger charge is -2.14. The summed E-state index contributed by atoms with van der Waals surface area (Å²) >= 11 is 1.66. The molecule has 0 aliphatic carbocycles. The number of ether oxygens (including phenoxy) is 2. The van der Waals surface area contributed by atoms with Crippen LogP contribution in [-0.4, -0.2) is 30.7 Å². The van der Waals surface area contributed by atoms with E-state index in [-0.39, 0.29) is 11.9 Å². The van der Waals surface area contributed by atoms with Crippen LogP contribution in [0.3, 0.4) is 0 Å². The molecule has 17 heavy (non-hydrogen) atoms. The highest BCUT2D eigenvalue weighted by Gasteiger charge is 2.37. The SMILES string of the molecule is CSCCOC(=O)C1Oc2ccccc2C1C. The molecule has 0 spiro atoms. The molecule has 3 nitrogen and oxygen atoms in total. The quantitative estimate of drug-likeness (QED) is 0.609. The number of benzene rings is 1. The van der Waals surface area contributed by atoms with Crippen LogP contribution in [0.25, 0.3) is 0 Å². The Morgan fingerprint density at radius 2 is 2.24 bits per heavy atom. The Bertz CT molecular complexity index is 405. The van der Waals surface area contributed by atoms with Crippen LogP contribution in [0.15, 0.2) is 24.3 Å². The summed E-state index contributed by atoms with van der Waals surface area (Å²) in [4.78, 5) is 11.8. The molecule has 2 rings (SSSR count). The number of thioether (sulfide) groups is 1. The Morgan fingerprint density at radius 3 is 2.94 bits per heavy atom. The van der Waals surface area contributed by atoms with Gasteiger partial charge in [-0.2, -0.15) is 11.8 Å². The monoisotopic (exact) mass is 252 g/mol. The van der Waals surface area contributed by atoms with Crippen LogP contribution in [0.5, 0.6) is 5.75 Å². The van der Waals surface area contributed by atoms with Gasteiger partial charge < -0.3 is 9.47 Å². The highest BCUT2D eigenvalue weighted by Crippen LogP contribution is 2.37. The second-order valence-corrected chi connectivity index (χ2v) is 5.01. The number of rotatable bonds is 4. The lowest BCUT2D eigenvalue weighted by atomic mass is 9.98. The molecule has 1 aromatic rings. The van der Waals surface area contributed by atoms with E-state index < -0.39 is 6.10 Å². The van der Waals surface area contributed by atoms with Crippen molar-refractivity contribution in [3.63, 3.8) is 0 Å². The van der Waals surface area contributed by atoms with Crippen LogP contribution in [0.1, 0.15) is 18.4 Å². The van der Waals surface area contributed by atoms with Crippen LogP contribution >= 0.6 is 11.8 Å². The number of carbonyl (C=O) groups is 1. The number of fused-ring (bicyclic) bond motifs is 1. The van der Waals surface area contributed by atoms with Gasteiger partial charge in [-0.3, -0.25) is 0 Å². The summed E-state index contributed by atoms with van der Waals surface area (Å²) in [7, 11) is 0. The largest absolute Gasteiger partial charge is 0.478 e. The third-order valence-corrected chi connectivity index (χ3v) is 3.46. The van der Waals surface area contributed by atoms with Gasteiger partial charge >= 0.3 is 5.97 Å². The molecule has 0 radical (unpaired) electrons. The third-order valence-electron chi connectivity index (χ3n) is 2.88. The molecule has 0 aromatic heterocycles. The zero-order valence-electron chi connectivity index (χ0n) is 10.0. The summed E-state index contributed by atoms with van der Waals surface area (Å²) in [6.07, 6.45) is 1.49. The molecule has 2 unspecified atom stereocenters. The fourth-order valence-corrected chi connectivity index (χ4v) is 2.18. The van der Waals surface area contributed by atoms with Crippen LogP contribution < -0.4 is 4.74 Å². The predicted molar refractivity (Wildman–Crippen MR) is 68.6 cm³/mol. The molecule has 1 aliphatic heterocycles. The van der Waals surface area contributed by atoms with Crippen LogP contribution in [0, 0.1) is 0 Å². The minimum absolute atomic E-state index is 0.0629. The van der Waals surface area contributed by atoms with Crippen molar-refractivity contribution in [1.29, 1.82) is 0 Å². The van der Waals surface area contributed by atoms with E-state index in [1.54, 1.807) is 11.8 Å². The van der Waals surface area contributed by atoms with E-state index in [2.05, 4.69) is 0 Å². The van der Waals surface area contributed by atoms with Gasteiger partial charge in [-0.15, -0.1) is 0 Å². The molecule has 1 aromatic carbocycles. The van der Waals surface area contributed by atoms with Gasteiger partial charge in [-0.05, 0) is 12.3 Å². The van der Waals surface area contributed by atoms with Crippen LogP contribution in [-0.2, 0) is 9.53 Å². The van der Waals surface area contributed by atoms with Crippen molar-refractivity contribution in [2.75, 3.05) is 18.6 Å². The normalized spacial score (nSPS) is 21.8. The average molecular weight is 252 g/mol. The van der Waals surface area contributed by atoms with Crippen molar-refractivity contribution in [3.05, 3.63) is 29.8 Å². The first-order chi connectivity index (χ1) is 8.24. The first-order valence-corrected chi connectivity index (χ1v) is 7.04. The van der Waals surface area contributed by atoms with Crippen molar-refractivity contribution in [1.82, 2.24) is 0 Å². The highest BCUT2D eigenvalue weighted by molar-refractivity contribution is 7.98. The molecule has 1 aliphatic rings. The predicted octanol–water partition coefficient (Wildman–Crippen LogP) is 2.46. The van der Waals surface area contributed by atoms with Crippen LogP contribution in [0.2, 0.25) is 0 Å². The van der Waals surface area contributed by atoms with E-state index in [0.29, 0.717) is 6.61 Å². The number of hydrogen-bond acceptors (Lipinski definition) is 4. The molecular weight excluding hydrogens is 236 g/mol. The Morgan fingerprint density at radius 1 is 1.47 bits per heavy atom. The van der Waals surface area contributed by atoms with Gasteiger partial charge in [-0.1, -0.05) is 25.1 Å². The minimum atomic E-state index is -0.491. The van der Waals surface area contributed by atoms with E-state index in [1.807, 2.05) is 37.4 Å². The van der Waals surface area contributed by atoms with Crippen molar-refractivity contribution in [2.24, 2.45) is 0 Å². The minimum Gasteiger partial charge on any atom is -0.478 e. The van der Waals surface area contributed by atoms with Crippen molar-refractivity contribution >= 4 is 17.7 Å². The van der Waals surface area contributed by atoms with E-state index in [9.17, 15) is 4.79 Å². The second-order valence-electron chi connectivity index (χ2n) is 4.03. The smallest absolute Gasteiger partial charge is 0.348 e. The molecule has 0 amide bonds. The number of esters is 1. The first kappa shape index (κ1) is 12.3. The molecule has 0 saturated heterocycles. The van der Waals surface area contributed by atoms with Gasteiger partial charge in [0.25, 0.3) is 0 Å². The molecule has 0 bridgehead atoms. The molecule has 1 heterocycles. The Hall–Kier alpha value is -1.16. The van der Waals surface area contributed by atoms with Gasteiger partial charge in [0.1, 0.15) is 12.4 Å². The molecule has 2 atom stereocenters. The summed E-state index contributed by atoms with van der Waals surface area (Å²) in [6.45, 7) is 2.44.